The van der Waals surface area contributed by atoms with Crippen LogP contribution in [0.4, 0.5) is 18.9 Å². The Morgan fingerprint density at radius 2 is 1.81 bits per heavy atom. The van der Waals surface area contributed by atoms with E-state index in [2.05, 4.69) is 9.97 Å². The third-order valence-electron chi connectivity index (χ3n) is 6.65. The first-order valence-corrected chi connectivity index (χ1v) is 13.8. The van der Waals surface area contributed by atoms with E-state index in [1.807, 2.05) is 21.7 Å². The summed E-state index contributed by atoms with van der Waals surface area (Å²) in [4.78, 5) is 10.7. The van der Waals surface area contributed by atoms with Crippen molar-refractivity contribution in [3.05, 3.63) is 72.0 Å². The van der Waals surface area contributed by atoms with E-state index in [0.717, 1.165) is 18.3 Å². The molecular formula is C24H24F3N5O3S2. The number of anilines is 1. The zero-order chi connectivity index (χ0) is 26.4. The maximum atomic E-state index is 13.3. The molecule has 3 aromatic heterocycles. The van der Waals surface area contributed by atoms with Crippen LogP contribution in [0.5, 0.6) is 0 Å². The summed E-state index contributed by atoms with van der Waals surface area (Å²) in [6, 6.07) is 10.3. The number of hydrogen-bond acceptors (Lipinski definition) is 7. The van der Waals surface area contributed by atoms with E-state index in [4.69, 9.17) is 0 Å². The second kappa shape index (κ2) is 9.39. The number of aromatic nitrogens is 3. The molecular weight excluding hydrogens is 527 g/mol. The van der Waals surface area contributed by atoms with Crippen LogP contribution < -0.4 is 4.90 Å². The van der Waals surface area contributed by atoms with Crippen LogP contribution in [0.25, 0.3) is 11.2 Å². The van der Waals surface area contributed by atoms with Gasteiger partial charge in [0.05, 0.1) is 6.04 Å². The van der Waals surface area contributed by atoms with Crippen LogP contribution in [0.2, 0.25) is 0 Å². The first kappa shape index (κ1) is 25.6. The Balaban J connectivity index is 1.47. The minimum atomic E-state index is -4.82. The molecule has 1 aromatic carbocycles. The lowest BCUT2D eigenvalue weighted by atomic mass is 9.95. The van der Waals surface area contributed by atoms with Crippen LogP contribution in [-0.2, 0) is 22.2 Å². The fraction of sp³-hybridized carbons (Fsp3) is 0.333. The van der Waals surface area contributed by atoms with E-state index >= 15 is 0 Å². The van der Waals surface area contributed by atoms with Crippen LogP contribution in [-0.4, -0.2) is 64.2 Å². The highest BCUT2D eigenvalue weighted by Crippen LogP contribution is 2.39. The fourth-order valence-electron chi connectivity index (χ4n) is 4.51. The Bertz CT molecular complexity index is 1490. The first-order chi connectivity index (χ1) is 17.5. The molecule has 0 aliphatic carbocycles. The summed E-state index contributed by atoms with van der Waals surface area (Å²) in [5.41, 5.74) is -1.28. The Kier molecular flexibility index (Phi) is 6.51. The van der Waals surface area contributed by atoms with Crippen LogP contribution in [0.1, 0.15) is 12.5 Å². The van der Waals surface area contributed by atoms with Crippen molar-refractivity contribution in [3.63, 3.8) is 0 Å². The van der Waals surface area contributed by atoms with Gasteiger partial charge in [0, 0.05) is 50.5 Å². The lowest BCUT2D eigenvalue weighted by Gasteiger charge is -2.42. The zero-order valence-corrected chi connectivity index (χ0v) is 21.3. The predicted molar refractivity (Wildman–Crippen MR) is 134 cm³/mol. The largest absolute Gasteiger partial charge is 0.421 e. The number of fused-ring (bicyclic) bond motifs is 1. The monoisotopic (exact) mass is 551 g/mol. The molecule has 1 saturated heterocycles. The van der Waals surface area contributed by atoms with Crippen molar-refractivity contribution in [2.75, 3.05) is 24.5 Å². The van der Waals surface area contributed by atoms with E-state index in [-0.39, 0.29) is 28.9 Å². The molecule has 0 bridgehead atoms. The molecule has 196 valence electrons. The standard InChI is InChI=1S/C24H24F3N5O3S2/c1-23(33,24(25,26)27)17-4-6-18(7-5-17)32-13-12-31(37(34,35)21-3-2-14-36-21)16-19(32)15-30-11-8-20-22(30)29-10-9-28-20/h2-11,14,19,33H,12-13,15-16H2,1H3/t19-,23?/m0/s1. The summed E-state index contributed by atoms with van der Waals surface area (Å²) < 4.78 is 70.0. The highest BCUT2D eigenvalue weighted by Gasteiger charge is 2.51. The molecule has 1 N–H and O–H groups in total. The molecule has 4 aromatic rings. The van der Waals surface area contributed by atoms with E-state index in [1.54, 1.807) is 29.9 Å². The average molecular weight is 552 g/mol. The maximum absolute atomic E-state index is 13.3. The zero-order valence-electron chi connectivity index (χ0n) is 19.7. The molecule has 0 radical (unpaired) electrons. The summed E-state index contributed by atoms with van der Waals surface area (Å²) >= 11 is 1.15. The number of piperazine rings is 1. The van der Waals surface area contributed by atoms with E-state index in [9.17, 15) is 26.7 Å². The van der Waals surface area contributed by atoms with Gasteiger partial charge in [-0.1, -0.05) is 18.2 Å². The van der Waals surface area contributed by atoms with Gasteiger partial charge in [-0.15, -0.1) is 11.3 Å². The molecule has 2 atom stereocenters. The molecule has 1 aliphatic rings. The summed E-state index contributed by atoms with van der Waals surface area (Å²) in [5, 5.41) is 11.7. The molecule has 8 nitrogen and oxygen atoms in total. The van der Waals surface area contributed by atoms with Gasteiger partial charge in [0.15, 0.2) is 11.2 Å². The van der Waals surface area contributed by atoms with Crippen molar-refractivity contribution in [2.45, 2.75) is 35.5 Å². The molecule has 0 amide bonds. The quantitative estimate of drug-likeness (QED) is 0.392. The Morgan fingerprint density at radius 3 is 2.49 bits per heavy atom. The SMILES string of the molecule is CC(O)(c1ccc(N2CCN(S(=O)(=O)c3cccs3)C[C@@H]2Cn2ccc3nccnc32)cc1)C(F)(F)F. The van der Waals surface area contributed by atoms with Crippen molar-refractivity contribution < 1.29 is 26.7 Å². The second-order valence-electron chi connectivity index (χ2n) is 8.99. The summed E-state index contributed by atoms with van der Waals surface area (Å²) in [7, 11) is -3.69. The minimum Gasteiger partial charge on any atom is -0.376 e. The Hall–Kier alpha value is -3.00. The van der Waals surface area contributed by atoms with Gasteiger partial charge in [0.2, 0.25) is 0 Å². The van der Waals surface area contributed by atoms with Gasteiger partial charge in [-0.2, -0.15) is 17.5 Å². The number of sulfonamides is 1. The van der Waals surface area contributed by atoms with Gasteiger partial charge in [0.1, 0.15) is 9.73 Å². The Morgan fingerprint density at radius 1 is 1.08 bits per heavy atom. The van der Waals surface area contributed by atoms with E-state index < -0.39 is 21.8 Å². The van der Waals surface area contributed by atoms with Crippen LogP contribution in [0.3, 0.4) is 0 Å². The topological polar surface area (TPSA) is 91.6 Å². The second-order valence-corrected chi connectivity index (χ2v) is 12.1. The molecule has 0 spiro atoms. The van der Waals surface area contributed by atoms with Gasteiger partial charge >= 0.3 is 6.18 Å². The van der Waals surface area contributed by atoms with Crippen molar-refractivity contribution in [3.8, 4) is 0 Å². The van der Waals surface area contributed by atoms with Crippen LogP contribution in [0.15, 0.2) is 70.6 Å². The molecule has 5 rings (SSSR count). The third-order valence-corrected chi connectivity index (χ3v) is 9.88. The molecule has 0 saturated carbocycles. The number of nitrogens with zero attached hydrogens (tertiary/aromatic N) is 5. The van der Waals surface area contributed by atoms with Crippen molar-refractivity contribution >= 4 is 38.2 Å². The van der Waals surface area contributed by atoms with Crippen LogP contribution in [0, 0.1) is 0 Å². The third kappa shape index (κ3) is 4.72. The maximum Gasteiger partial charge on any atom is 0.421 e. The number of hydrogen-bond donors (Lipinski definition) is 1. The van der Waals surface area contributed by atoms with E-state index in [1.165, 1.54) is 28.6 Å². The normalized spacial score (nSPS) is 19.3. The highest BCUT2D eigenvalue weighted by atomic mass is 32.2. The fourth-order valence-corrected chi connectivity index (χ4v) is 7.12. The number of rotatable bonds is 6. The summed E-state index contributed by atoms with van der Waals surface area (Å²) in [5.74, 6) is 0. The lowest BCUT2D eigenvalue weighted by Crippen LogP contribution is -2.56. The van der Waals surface area contributed by atoms with Gasteiger partial charge in [-0.05, 0) is 42.1 Å². The lowest BCUT2D eigenvalue weighted by molar-refractivity contribution is -0.258. The van der Waals surface area contributed by atoms with Gasteiger partial charge in [-0.3, -0.25) is 4.98 Å². The highest BCUT2D eigenvalue weighted by molar-refractivity contribution is 7.91. The van der Waals surface area contributed by atoms with Gasteiger partial charge in [-0.25, -0.2) is 13.4 Å². The molecule has 1 aliphatic heterocycles. The van der Waals surface area contributed by atoms with Crippen LogP contribution >= 0.6 is 11.3 Å². The molecule has 13 heteroatoms. The first-order valence-electron chi connectivity index (χ1n) is 11.4. The van der Waals surface area contributed by atoms with E-state index in [0.29, 0.717) is 29.9 Å². The van der Waals surface area contributed by atoms with Crippen molar-refractivity contribution in [1.82, 2.24) is 18.8 Å². The number of benzene rings is 1. The molecule has 1 unspecified atom stereocenters. The number of alkyl halides is 3. The Labute approximate surface area is 215 Å². The average Bonchev–Trinajstić information content (AvgIpc) is 3.55. The summed E-state index contributed by atoms with van der Waals surface area (Å²) in [6.07, 6.45) is 0.178. The minimum absolute atomic E-state index is 0.169. The van der Waals surface area contributed by atoms with Gasteiger partial charge < -0.3 is 14.6 Å². The molecule has 37 heavy (non-hydrogen) atoms. The van der Waals surface area contributed by atoms with Crippen molar-refractivity contribution in [1.29, 1.82) is 0 Å². The summed E-state index contributed by atoms with van der Waals surface area (Å²) in [6.45, 7) is 1.81. The molecule has 1 fully saturated rings. The van der Waals surface area contributed by atoms with Gasteiger partial charge in [0.25, 0.3) is 10.0 Å². The molecule has 4 heterocycles. The number of thiophene rings is 1. The van der Waals surface area contributed by atoms with Crippen molar-refractivity contribution in [2.24, 2.45) is 0 Å². The number of aliphatic hydroxyl groups is 1. The smallest absolute Gasteiger partial charge is 0.376 e. The number of halogens is 3. The predicted octanol–water partition coefficient (Wildman–Crippen LogP) is 3.84.